The van der Waals surface area contributed by atoms with Crippen LogP contribution in [0.25, 0.3) is 0 Å². The summed E-state index contributed by atoms with van der Waals surface area (Å²) in [7, 11) is 0. The van der Waals surface area contributed by atoms with E-state index in [4.69, 9.17) is 5.11 Å². The summed E-state index contributed by atoms with van der Waals surface area (Å²) in [4.78, 5) is 0. The zero-order chi connectivity index (χ0) is 9.78. The van der Waals surface area contributed by atoms with E-state index in [0.29, 0.717) is 0 Å². The number of aliphatic hydroxyl groups excluding tert-OH is 1. The first kappa shape index (κ1) is 20.5. The molecule has 0 fully saturated rings. The maximum absolute atomic E-state index is 7.57. The SMILES string of the molecule is CCO.[C-]1=CC=CC1.[C-]1=CC=CC1.[Cl-].[Hf]. The second kappa shape index (κ2) is 19.6. The number of hydrogen-bond acceptors (Lipinski definition) is 1. The molecule has 0 saturated heterocycles. The van der Waals surface area contributed by atoms with Crippen molar-refractivity contribution in [1.29, 1.82) is 0 Å². The Morgan fingerprint density at radius 3 is 1.47 bits per heavy atom. The smallest absolute Gasteiger partial charge is 0.0402 e. The van der Waals surface area contributed by atoms with Crippen LogP contribution >= 0.6 is 0 Å². The molecule has 3 heteroatoms. The molecule has 84 valence electrons. The second-order valence-electron chi connectivity index (χ2n) is 2.32. The summed E-state index contributed by atoms with van der Waals surface area (Å²) in [6.45, 7) is 1.93. The Kier molecular flexibility index (Phi) is 26.8. The molecule has 0 aromatic rings. The van der Waals surface area contributed by atoms with Crippen LogP contribution in [0.3, 0.4) is 0 Å². The van der Waals surface area contributed by atoms with Crippen molar-refractivity contribution >= 4 is 0 Å². The number of rotatable bonds is 0. The molecule has 0 heterocycles. The third-order valence-corrected chi connectivity index (χ3v) is 1.17. The molecule has 0 spiro atoms. The van der Waals surface area contributed by atoms with E-state index < -0.39 is 0 Å². The van der Waals surface area contributed by atoms with Gasteiger partial charge in [-0.25, -0.2) is 24.3 Å². The molecule has 0 amide bonds. The van der Waals surface area contributed by atoms with Crippen LogP contribution in [0, 0.1) is 12.2 Å². The van der Waals surface area contributed by atoms with Crippen LogP contribution in [0.1, 0.15) is 19.8 Å². The third kappa shape index (κ3) is 20.2. The molecular formula is C12H16ClHfO-3. The Morgan fingerprint density at radius 2 is 1.40 bits per heavy atom. The first-order chi connectivity index (χ1) is 6.41. The summed E-state index contributed by atoms with van der Waals surface area (Å²) in [6, 6.07) is 0. The van der Waals surface area contributed by atoms with E-state index in [2.05, 4.69) is 24.3 Å². The average Bonchev–Trinajstić information content (AvgIpc) is 2.85. The fourth-order valence-electron chi connectivity index (χ4n) is 0.680. The fraction of sp³-hybridized carbons (Fsp3) is 0.333. The second-order valence-corrected chi connectivity index (χ2v) is 2.32. The Bertz CT molecular complexity index is 166. The summed E-state index contributed by atoms with van der Waals surface area (Å²) in [5.41, 5.74) is 0. The zero-order valence-corrected chi connectivity index (χ0v) is 13.3. The predicted octanol–water partition coefficient (Wildman–Crippen LogP) is -0.389. The summed E-state index contributed by atoms with van der Waals surface area (Å²) < 4.78 is 0. The summed E-state index contributed by atoms with van der Waals surface area (Å²) >= 11 is 0. The molecule has 0 aromatic carbocycles. The van der Waals surface area contributed by atoms with Crippen LogP contribution < -0.4 is 12.4 Å². The van der Waals surface area contributed by atoms with Gasteiger partial charge in [0.25, 0.3) is 0 Å². The molecule has 0 aromatic heterocycles. The van der Waals surface area contributed by atoms with Crippen molar-refractivity contribution < 1.29 is 43.4 Å². The van der Waals surface area contributed by atoms with Crippen molar-refractivity contribution in [3.05, 3.63) is 48.6 Å². The zero-order valence-electron chi connectivity index (χ0n) is 8.91. The molecule has 0 unspecified atom stereocenters. The molecule has 15 heavy (non-hydrogen) atoms. The molecule has 0 saturated carbocycles. The first-order valence-corrected chi connectivity index (χ1v) is 4.46. The van der Waals surface area contributed by atoms with E-state index in [1.54, 1.807) is 6.92 Å². The Balaban J connectivity index is -0.000000140. The quantitative estimate of drug-likeness (QED) is 0.442. The van der Waals surface area contributed by atoms with Gasteiger partial charge >= 0.3 is 0 Å². The topological polar surface area (TPSA) is 20.2 Å². The largest absolute Gasteiger partial charge is 1.00 e. The van der Waals surface area contributed by atoms with Gasteiger partial charge < -0.3 is 17.5 Å². The van der Waals surface area contributed by atoms with Gasteiger partial charge in [-0.2, -0.15) is 12.2 Å². The molecule has 2 aliphatic carbocycles. The van der Waals surface area contributed by atoms with Crippen molar-refractivity contribution in [2.45, 2.75) is 19.8 Å². The molecule has 0 radical (unpaired) electrons. The van der Waals surface area contributed by atoms with E-state index in [9.17, 15) is 0 Å². The molecule has 2 aliphatic rings. The van der Waals surface area contributed by atoms with Gasteiger partial charge in [-0.1, -0.05) is 0 Å². The van der Waals surface area contributed by atoms with E-state index in [1.165, 1.54) is 0 Å². The van der Waals surface area contributed by atoms with Crippen molar-refractivity contribution in [2.24, 2.45) is 0 Å². The number of halogens is 1. The first-order valence-electron chi connectivity index (χ1n) is 4.46. The van der Waals surface area contributed by atoms with Crippen LogP contribution in [-0.2, 0) is 25.8 Å². The molecule has 1 nitrogen and oxygen atoms in total. The van der Waals surface area contributed by atoms with Gasteiger partial charge in [0.05, 0.1) is 0 Å². The van der Waals surface area contributed by atoms with Crippen molar-refractivity contribution in [3.8, 4) is 0 Å². The average molecular weight is 390 g/mol. The van der Waals surface area contributed by atoms with E-state index in [-0.39, 0.29) is 44.9 Å². The third-order valence-electron chi connectivity index (χ3n) is 1.17. The number of allylic oxidation sites excluding steroid dienone is 8. The number of hydrogen-bond donors (Lipinski definition) is 1. The maximum Gasteiger partial charge on any atom is 0.0402 e. The van der Waals surface area contributed by atoms with E-state index >= 15 is 0 Å². The molecule has 2 rings (SSSR count). The van der Waals surface area contributed by atoms with Gasteiger partial charge in [0.15, 0.2) is 0 Å². The summed E-state index contributed by atoms with van der Waals surface area (Å²) in [5, 5.41) is 7.57. The van der Waals surface area contributed by atoms with Crippen LogP contribution in [-0.4, -0.2) is 11.7 Å². The fourth-order valence-corrected chi connectivity index (χ4v) is 0.680. The molecule has 1 N–H and O–H groups in total. The molecular weight excluding hydrogens is 374 g/mol. The van der Waals surface area contributed by atoms with Crippen LogP contribution in [0.2, 0.25) is 0 Å². The normalized spacial score (nSPS) is 12.9. The molecule has 0 atom stereocenters. The Labute approximate surface area is 118 Å². The monoisotopic (exact) mass is 391 g/mol. The summed E-state index contributed by atoms with van der Waals surface area (Å²) in [5.74, 6) is 0. The van der Waals surface area contributed by atoms with Gasteiger partial charge in [-0.3, -0.25) is 12.2 Å². The van der Waals surface area contributed by atoms with Crippen molar-refractivity contribution in [1.82, 2.24) is 0 Å². The predicted molar refractivity (Wildman–Crippen MR) is 55.9 cm³/mol. The number of aliphatic hydroxyl groups is 1. The van der Waals surface area contributed by atoms with Crippen LogP contribution in [0.4, 0.5) is 0 Å². The van der Waals surface area contributed by atoms with E-state index in [1.807, 2.05) is 24.3 Å². The standard InChI is InChI=1S/2C5H5.C2H6O.ClH.Hf/c2*1-2-4-5-3-1;1-2-3;;/h2*1-3H,4H2;3H,2H2,1H3;1H;/q2*-1;;;/p-1. The van der Waals surface area contributed by atoms with Crippen LogP contribution in [0.15, 0.2) is 36.5 Å². The minimum absolute atomic E-state index is 0. The molecule has 0 bridgehead atoms. The van der Waals surface area contributed by atoms with Gasteiger partial charge in [0, 0.05) is 32.5 Å². The molecule has 0 aliphatic heterocycles. The van der Waals surface area contributed by atoms with Gasteiger partial charge in [0.2, 0.25) is 0 Å². The minimum atomic E-state index is 0. The van der Waals surface area contributed by atoms with Crippen molar-refractivity contribution in [3.63, 3.8) is 0 Å². The van der Waals surface area contributed by atoms with Gasteiger partial charge in [0.1, 0.15) is 0 Å². The van der Waals surface area contributed by atoms with E-state index in [0.717, 1.165) is 12.8 Å². The minimum Gasteiger partial charge on any atom is -1.00 e. The Hall–Kier alpha value is 0.0801. The van der Waals surface area contributed by atoms with Gasteiger partial charge in [-0.05, 0) is 6.92 Å². The Morgan fingerprint density at radius 1 is 1.07 bits per heavy atom. The van der Waals surface area contributed by atoms with Crippen molar-refractivity contribution in [2.75, 3.05) is 6.61 Å². The maximum atomic E-state index is 7.57. The summed E-state index contributed by atoms with van der Waals surface area (Å²) in [6.07, 6.45) is 20.0. The van der Waals surface area contributed by atoms with Crippen LogP contribution in [0.5, 0.6) is 0 Å². The van der Waals surface area contributed by atoms with Gasteiger partial charge in [-0.15, -0.1) is 12.8 Å².